The molecule has 2 aliphatic heterocycles. The second kappa shape index (κ2) is 10.1. The van der Waals surface area contributed by atoms with Crippen LogP contribution in [0.4, 0.5) is 4.79 Å². The number of amides is 2. The van der Waals surface area contributed by atoms with Crippen LogP contribution in [0, 0.1) is 5.92 Å². The van der Waals surface area contributed by atoms with Crippen molar-refractivity contribution in [2.75, 3.05) is 45.8 Å². The van der Waals surface area contributed by atoms with E-state index in [1.807, 2.05) is 0 Å². The first-order valence-electron chi connectivity index (χ1n) is 9.63. The largest absolute Gasteiger partial charge is 0.338 e. The van der Waals surface area contributed by atoms with Crippen molar-refractivity contribution in [1.82, 2.24) is 20.4 Å². The summed E-state index contributed by atoms with van der Waals surface area (Å²) in [5.41, 5.74) is 0. The Kier molecular flexibility index (Phi) is 8.17. The summed E-state index contributed by atoms with van der Waals surface area (Å²) in [6, 6.07) is 0.700. The third kappa shape index (κ3) is 7.08. The number of hydrogen-bond donors (Lipinski definition) is 2. The molecule has 2 heterocycles. The predicted molar refractivity (Wildman–Crippen MR) is 95.7 cm³/mol. The van der Waals surface area contributed by atoms with Gasteiger partial charge in [0.05, 0.1) is 0 Å². The lowest BCUT2D eigenvalue weighted by Crippen LogP contribution is -2.43. The fourth-order valence-corrected chi connectivity index (χ4v) is 3.85. The minimum Gasteiger partial charge on any atom is -0.338 e. The average Bonchev–Trinajstić information content (AvgIpc) is 2.53. The normalized spacial score (nSPS) is 26.9. The van der Waals surface area contributed by atoms with Crippen LogP contribution in [0.2, 0.25) is 0 Å². The van der Waals surface area contributed by atoms with Crippen molar-refractivity contribution in [2.45, 2.75) is 58.4 Å². The molecule has 0 aromatic rings. The minimum atomic E-state index is -0.0123. The zero-order chi connectivity index (χ0) is 16.5. The molecule has 0 aromatic carbocycles. The first kappa shape index (κ1) is 18.5. The Bertz CT molecular complexity index is 350. The van der Waals surface area contributed by atoms with E-state index >= 15 is 0 Å². The monoisotopic (exact) mass is 324 g/mol. The maximum atomic E-state index is 11.8. The zero-order valence-corrected chi connectivity index (χ0v) is 15.1. The van der Waals surface area contributed by atoms with Crippen molar-refractivity contribution in [3.63, 3.8) is 0 Å². The lowest BCUT2D eigenvalue weighted by molar-refractivity contribution is 0.159. The van der Waals surface area contributed by atoms with E-state index < -0.39 is 0 Å². The molecule has 5 nitrogen and oxygen atoms in total. The van der Waals surface area contributed by atoms with Crippen molar-refractivity contribution in [3.8, 4) is 0 Å². The molecule has 5 heteroatoms. The summed E-state index contributed by atoms with van der Waals surface area (Å²) in [6.45, 7) is 11.8. The summed E-state index contributed by atoms with van der Waals surface area (Å²) < 4.78 is 0. The Morgan fingerprint density at radius 2 is 1.83 bits per heavy atom. The van der Waals surface area contributed by atoms with E-state index in [-0.39, 0.29) is 6.03 Å². The number of urea groups is 1. The molecule has 2 atom stereocenters. The van der Waals surface area contributed by atoms with E-state index in [0.29, 0.717) is 6.04 Å². The standard InChI is InChI=1S/C18H36N4O/c1-16-7-5-11-21(15-16)14-10-20-18(23)19-9-6-13-22-12-4-3-8-17(22)2/h16-17H,3-15H2,1-2H3,(H2,19,20,23). The van der Waals surface area contributed by atoms with Gasteiger partial charge in [0.25, 0.3) is 0 Å². The molecule has 0 aliphatic carbocycles. The second-order valence-electron chi connectivity index (χ2n) is 7.47. The van der Waals surface area contributed by atoms with Crippen molar-refractivity contribution in [1.29, 1.82) is 0 Å². The fourth-order valence-electron chi connectivity index (χ4n) is 3.85. The fraction of sp³-hybridized carbons (Fsp3) is 0.944. The van der Waals surface area contributed by atoms with E-state index in [1.54, 1.807) is 0 Å². The van der Waals surface area contributed by atoms with Crippen LogP contribution in [0.1, 0.15) is 52.4 Å². The molecule has 0 spiro atoms. The third-order valence-corrected chi connectivity index (χ3v) is 5.30. The van der Waals surface area contributed by atoms with Crippen LogP contribution in [0.3, 0.4) is 0 Å². The molecule has 134 valence electrons. The van der Waals surface area contributed by atoms with Gasteiger partial charge in [-0.1, -0.05) is 13.3 Å². The third-order valence-electron chi connectivity index (χ3n) is 5.30. The summed E-state index contributed by atoms with van der Waals surface area (Å²) in [5, 5.41) is 5.98. The van der Waals surface area contributed by atoms with Gasteiger partial charge in [-0.3, -0.25) is 0 Å². The summed E-state index contributed by atoms with van der Waals surface area (Å²) in [4.78, 5) is 16.8. The van der Waals surface area contributed by atoms with Crippen LogP contribution < -0.4 is 10.6 Å². The summed E-state index contributed by atoms with van der Waals surface area (Å²) in [7, 11) is 0. The highest BCUT2D eigenvalue weighted by Crippen LogP contribution is 2.16. The van der Waals surface area contributed by atoms with E-state index in [0.717, 1.165) is 38.5 Å². The Balaban J connectivity index is 1.47. The molecule has 2 fully saturated rings. The van der Waals surface area contributed by atoms with Gasteiger partial charge < -0.3 is 20.4 Å². The van der Waals surface area contributed by atoms with Gasteiger partial charge in [0.2, 0.25) is 0 Å². The number of likely N-dealkylation sites (tertiary alicyclic amines) is 2. The van der Waals surface area contributed by atoms with Crippen LogP contribution >= 0.6 is 0 Å². The SMILES string of the molecule is CC1CCCN(CCNC(=O)NCCCN2CCCCC2C)C1. The molecule has 0 radical (unpaired) electrons. The zero-order valence-electron chi connectivity index (χ0n) is 15.1. The molecule has 0 bridgehead atoms. The molecule has 23 heavy (non-hydrogen) atoms. The lowest BCUT2D eigenvalue weighted by Gasteiger charge is -2.33. The van der Waals surface area contributed by atoms with Crippen LogP contribution in [0.25, 0.3) is 0 Å². The maximum absolute atomic E-state index is 11.8. The smallest absolute Gasteiger partial charge is 0.314 e. The van der Waals surface area contributed by atoms with Crippen molar-refractivity contribution in [3.05, 3.63) is 0 Å². The van der Waals surface area contributed by atoms with Gasteiger partial charge in [0.15, 0.2) is 0 Å². The molecule has 2 aliphatic rings. The molecule has 0 aromatic heterocycles. The van der Waals surface area contributed by atoms with Crippen molar-refractivity contribution in [2.24, 2.45) is 5.92 Å². The number of nitrogens with one attached hydrogen (secondary N) is 2. The van der Waals surface area contributed by atoms with E-state index in [2.05, 4.69) is 34.3 Å². The molecule has 2 rings (SSSR count). The Labute approximate surface area is 142 Å². The topological polar surface area (TPSA) is 47.6 Å². The molecule has 2 saturated heterocycles. The Morgan fingerprint density at radius 3 is 2.61 bits per heavy atom. The first-order chi connectivity index (χ1) is 11.1. The van der Waals surface area contributed by atoms with Crippen molar-refractivity contribution < 1.29 is 4.79 Å². The highest BCUT2D eigenvalue weighted by atomic mass is 16.2. The van der Waals surface area contributed by atoms with Crippen molar-refractivity contribution >= 4 is 6.03 Å². The van der Waals surface area contributed by atoms with E-state index in [1.165, 1.54) is 51.7 Å². The maximum Gasteiger partial charge on any atom is 0.314 e. The highest BCUT2D eigenvalue weighted by Gasteiger charge is 2.17. The second-order valence-corrected chi connectivity index (χ2v) is 7.47. The summed E-state index contributed by atoms with van der Waals surface area (Å²) >= 11 is 0. The molecule has 2 N–H and O–H groups in total. The van der Waals surface area contributed by atoms with Gasteiger partial charge in [-0.25, -0.2) is 4.79 Å². The number of carbonyl (C=O) groups is 1. The quantitative estimate of drug-likeness (QED) is 0.706. The van der Waals surface area contributed by atoms with Crippen LogP contribution in [-0.4, -0.2) is 67.7 Å². The minimum absolute atomic E-state index is 0.0123. The molecule has 2 amide bonds. The van der Waals surface area contributed by atoms with Gasteiger partial charge in [-0.15, -0.1) is 0 Å². The number of piperidine rings is 2. The molecular weight excluding hydrogens is 288 g/mol. The van der Waals surface area contributed by atoms with Gasteiger partial charge in [-0.2, -0.15) is 0 Å². The number of hydrogen-bond acceptors (Lipinski definition) is 3. The summed E-state index contributed by atoms with van der Waals surface area (Å²) in [6.07, 6.45) is 7.70. The van der Waals surface area contributed by atoms with Gasteiger partial charge in [0.1, 0.15) is 0 Å². The number of rotatable bonds is 7. The molecular formula is C18H36N4O. The molecule has 0 saturated carbocycles. The van der Waals surface area contributed by atoms with E-state index in [4.69, 9.17) is 0 Å². The highest BCUT2D eigenvalue weighted by molar-refractivity contribution is 5.73. The van der Waals surface area contributed by atoms with Gasteiger partial charge in [0, 0.05) is 38.8 Å². The number of carbonyl (C=O) groups excluding carboxylic acids is 1. The van der Waals surface area contributed by atoms with Gasteiger partial charge in [-0.05, 0) is 58.0 Å². The summed E-state index contributed by atoms with van der Waals surface area (Å²) in [5.74, 6) is 0.801. The number of nitrogens with zero attached hydrogens (tertiary/aromatic N) is 2. The Hall–Kier alpha value is -0.810. The predicted octanol–water partition coefficient (Wildman–Crippen LogP) is 2.28. The van der Waals surface area contributed by atoms with Gasteiger partial charge >= 0.3 is 6.03 Å². The van der Waals surface area contributed by atoms with Crippen LogP contribution in [0.5, 0.6) is 0 Å². The lowest BCUT2D eigenvalue weighted by atomic mass is 10.0. The average molecular weight is 325 g/mol. The van der Waals surface area contributed by atoms with Crippen LogP contribution in [0.15, 0.2) is 0 Å². The molecule has 2 unspecified atom stereocenters. The van der Waals surface area contributed by atoms with E-state index in [9.17, 15) is 4.79 Å². The Morgan fingerprint density at radius 1 is 1.00 bits per heavy atom. The van der Waals surface area contributed by atoms with Crippen LogP contribution in [-0.2, 0) is 0 Å². The first-order valence-corrected chi connectivity index (χ1v) is 9.63.